The van der Waals surface area contributed by atoms with Crippen molar-refractivity contribution in [2.24, 2.45) is 0 Å². The lowest BCUT2D eigenvalue weighted by molar-refractivity contribution is -0.134. The Morgan fingerprint density at radius 1 is 0.765 bits per heavy atom. The Morgan fingerprint density at radius 2 is 1.21 bits per heavy atom. The summed E-state index contributed by atoms with van der Waals surface area (Å²) in [5.41, 5.74) is 2.93. The molecule has 1 aliphatic heterocycles. The summed E-state index contributed by atoms with van der Waals surface area (Å²) in [6.07, 6.45) is 1.14. The van der Waals surface area contributed by atoms with Crippen LogP contribution in [0.15, 0.2) is 91.0 Å². The summed E-state index contributed by atoms with van der Waals surface area (Å²) < 4.78 is 26.3. The summed E-state index contributed by atoms with van der Waals surface area (Å²) in [5, 5.41) is 0. The van der Waals surface area contributed by atoms with Gasteiger partial charge in [-0.05, 0) is 30.2 Å². The Bertz CT molecular complexity index is 1140. The van der Waals surface area contributed by atoms with E-state index < -0.39 is 16.1 Å². The summed E-state index contributed by atoms with van der Waals surface area (Å²) in [7, 11) is -3.62. The van der Waals surface area contributed by atoms with E-state index >= 15 is 0 Å². The third-order valence-corrected chi connectivity index (χ3v) is 7.54. The molecule has 0 unspecified atom stereocenters. The Labute approximate surface area is 202 Å². The van der Waals surface area contributed by atoms with Crippen LogP contribution in [0.25, 0.3) is 0 Å². The van der Waals surface area contributed by atoms with E-state index in [4.69, 9.17) is 0 Å². The third-order valence-electron chi connectivity index (χ3n) is 6.30. The highest BCUT2D eigenvalue weighted by atomic mass is 32.2. The fourth-order valence-electron chi connectivity index (χ4n) is 4.73. The number of sulfonamides is 1. The second kappa shape index (κ2) is 10.4. The van der Waals surface area contributed by atoms with Crippen LogP contribution < -0.4 is 4.31 Å². The summed E-state index contributed by atoms with van der Waals surface area (Å²) >= 11 is 0. The number of rotatable bonds is 7. The minimum absolute atomic E-state index is 0.105. The molecule has 0 N–H and O–H groups in total. The van der Waals surface area contributed by atoms with Crippen LogP contribution in [0.2, 0.25) is 0 Å². The fraction of sp³-hybridized carbons (Fsp3) is 0.296. The third kappa shape index (κ3) is 5.32. The van der Waals surface area contributed by atoms with Gasteiger partial charge < -0.3 is 4.90 Å². The van der Waals surface area contributed by atoms with Gasteiger partial charge >= 0.3 is 0 Å². The molecular weight excluding hydrogens is 446 g/mol. The second-order valence-electron chi connectivity index (χ2n) is 8.66. The molecule has 1 saturated heterocycles. The average Bonchev–Trinajstić information content (AvgIpc) is 2.85. The zero-order valence-corrected chi connectivity index (χ0v) is 20.4. The maximum atomic E-state index is 13.4. The first kappa shape index (κ1) is 24.0. The van der Waals surface area contributed by atoms with E-state index in [1.165, 1.54) is 15.4 Å². The van der Waals surface area contributed by atoms with Gasteiger partial charge in [0.1, 0.15) is 6.04 Å². The van der Waals surface area contributed by atoms with Crippen molar-refractivity contribution in [1.29, 1.82) is 0 Å². The first-order chi connectivity index (χ1) is 16.4. The van der Waals surface area contributed by atoms with Crippen LogP contribution in [0.5, 0.6) is 0 Å². The molecule has 178 valence electrons. The molecule has 0 bridgehead atoms. The number of piperazine rings is 1. The van der Waals surface area contributed by atoms with Crippen LogP contribution in [0.3, 0.4) is 0 Å². The molecule has 1 amide bonds. The number of amides is 1. The number of carbonyl (C=O) groups excluding carboxylic acids is 1. The largest absolute Gasteiger partial charge is 0.338 e. The quantitative estimate of drug-likeness (QED) is 0.520. The molecule has 3 aromatic carbocycles. The summed E-state index contributed by atoms with van der Waals surface area (Å²) in [6, 6.07) is 28.9. The number of para-hydroxylation sites is 1. The van der Waals surface area contributed by atoms with Crippen molar-refractivity contribution in [3.63, 3.8) is 0 Å². The van der Waals surface area contributed by atoms with Crippen molar-refractivity contribution >= 4 is 21.6 Å². The molecule has 0 aromatic heterocycles. The Morgan fingerprint density at radius 3 is 1.65 bits per heavy atom. The number of benzene rings is 3. The molecule has 0 spiro atoms. The second-order valence-corrected chi connectivity index (χ2v) is 10.5. The first-order valence-electron chi connectivity index (χ1n) is 11.5. The normalized spacial score (nSPS) is 15.8. The Hall–Kier alpha value is -3.16. The lowest BCUT2D eigenvalue weighted by Gasteiger charge is -2.41. The average molecular weight is 478 g/mol. The minimum Gasteiger partial charge on any atom is -0.338 e. The number of nitrogens with zero attached hydrogens (tertiary/aromatic N) is 3. The lowest BCUT2D eigenvalue weighted by Crippen LogP contribution is -2.55. The molecule has 3 aromatic rings. The van der Waals surface area contributed by atoms with Crippen molar-refractivity contribution in [1.82, 2.24) is 9.80 Å². The zero-order valence-electron chi connectivity index (χ0n) is 19.6. The van der Waals surface area contributed by atoms with E-state index in [1.54, 1.807) is 36.1 Å². The van der Waals surface area contributed by atoms with Crippen molar-refractivity contribution in [3.05, 3.63) is 102 Å². The van der Waals surface area contributed by atoms with Gasteiger partial charge in [0.25, 0.3) is 0 Å². The van der Waals surface area contributed by atoms with Gasteiger partial charge in [-0.1, -0.05) is 78.9 Å². The van der Waals surface area contributed by atoms with Crippen LogP contribution in [0, 0.1) is 0 Å². The van der Waals surface area contributed by atoms with Crippen LogP contribution >= 0.6 is 0 Å². The Balaban J connectivity index is 1.50. The smallest absolute Gasteiger partial charge is 0.246 e. The fourth-order valence-corrected chi connectivity index (χ4v) is 5.90. The zero-order chi connectivity index (χ0) is 24.1. The topological polar surface area (TPSA) is 60.9 Å². The van der Waals surface area contributed by atoms with E-state index in [9.17, 15) is 13.2 Å². The predicted octanol–water partition coefficient (Wildman–Crippen LogP) is 3.77. The highest BCUT2D eigenvalue weighted by molar-refractivity contribution is 7.92. The molecule has 4 rings (SSSR count). The maximum absolute atomic E-state index is 13.4. The molecule has 0 saturated carbocycles. The number of hydrogen-bond acceptors (Lipinski definition) is 4. The maximum Gasteiger partial charge on any atom is 0.246 e. The van der Waals surface area contributed by atoms with E-state index in [2.05, 4.69) is 53.4 Å². The molecule has 6 nitrogen and oxygen atoms in total. The van der Waals surface area contributed by atoms with Gasteiger partial charge in [0, 0.05) is 26.2 Å². The van der Waals surface area contributed by atoms with Gasteiger partial charge in [0.2, 0.25) is 15.9 Å². The van der Waals surface area contributed by atoms with Gasteiger partial charge in [0.05, 0.1) is 18.0 Å². The molecule has 1 heterocycles. The van der Waals surface area contributed by atoms with E-state index in [1.807, 2.05) is 18.2 Å². The molecule has 0 aliphatic carbocycles. The van der Waals surface area contributed by atoms with Gasteiger partial charge in [-0.3, -0.25) is 14.0 Å². The molecule has 1 aliphatic rings. The van der Waals surface area contributed by atoms with Crippen molar-refractivity contribution in [2.45, 2.75) is 19.0 Å². The van der Waals surface area contributed by atoms with Crippen LogP contribution in [0.1, 0.15) is 24.1 Å². The molecule has 1 fully saturated rings. The standard InChI is InChI=1S/C27H31N3O3S/c1-22(30(34(2,32)33)25-16-10-5-11-17-25)27(31)29-20-18-28(19-21-29)26(23-12-6-3-7-13-23)24-14-8-4-9-15-24/h3-17,22,26H,18-21H2,1-2H3/t22-/m0/s1. The van der Waals surface area contributed by atoms with Gasteiger partial charge in [-0.15, -0.1) is 0 Å². The van der Waals surface area contributed by atoms with E-state index in [0.29, 0.717) is 31.9 Å². The first-order valence-corrected chi connectivity index (χ1v) is 13.4. The number of carbonyl (C=O) groups is 1. The minimum atomic E-state index is -3.62. The van der Waals surface area contributed by atoms with Crippen molar-refractivity contribution in [3.8, 4) is 0 Å². The van der Waals surface area contributed by atoms with E-state index in [0.717, 1.165) is 6.26 Å². The predicted molar refractivity (Wildman–Crippen MR) is 136 cm³/mol. The lowest BCUT2D eigenvalue weighted by atomic mass is 9.96. The van der Waals surface area contributed by atoms with Crippen LogP contribution in [0.4, 0.5) is 5.69 Å². The summed E-state index contributed by atoms with van der Waals surface area (Å²) in [6.45, 7) is 4.17. The van der Waals surface area contributed by atoms with Gasteiger partial charge in [-0.2, -0.15) is 0 Å². The van der Waals surface area contributed by atoms with Crippen LogP contribution in [-0.2, 0) is 14.8 Å². The van der Waals surface area contributed by atoms with Gasteiger partial charge in [-0.25, -0.2) is 8.42 Å². The number of anilines is 1. The molecule has 34 heavy (non-hydrogen) atoms. The molecule has 7 heteroatoms. The summed E-state index contributed by atoms with van der Waals surface area (Å²) in [4.78, 5) is 17.6. The highest BCUT2D eigenvalue weighted by Gasteiger charge is 2.34. The van der Waals surface area contributed by atoms with E-state index in [-0.39, 0.29) is 11.9 Å². The summed E-state index contributed by atoms with van der Waals surface area (Å²) in [5.74, 6) is -0.176. The van der Waals surface area contributed by atoms with Crippen LogP contribution in [-0.4, -0.2) is 62.6 Å². The van der Waals surface area contributed by atoms with Gasteiger partial charge in [0.15, 0.2) is 0 Å². The molecular formula is C27H31N3O3S. The number of hydrogen-bond donors (Lipinski definition) is 0. The van der Waals surface area contributed by atoms with Crippen molar-refractivity contribution in [2.75, 3.05) is 36.7 Å². The molecule has 0 radical (unpaired) electrons. The monoisotopic (exact) mass is 477 g/mol. The SMILES string of the molecule is C[C@@H](C(=O)N1CCN(C(c2ccccc2)c2ccccc2)CC1)N(c1ccccc1)S(C)(=O)=O. The van der Waals surface area contributed by atoms with Crippen molar-refractivity contribution < 1.29 is 13.2 Å². The Kier molecular flexibility index (Phi) is 7.34. The molecule has 1 atom stereocenters. The highest BCUT2D eigenvalue weighted by Crippen LogP contribution is 2.30.